The van der Waals surface area contributed by atoms with Crippen LogP contribution >= 0.6 is 11.3 Å². The van der Waals surface area contributed by atoms with Gasteiger partial charge in [0.1, 0.15) is 17.4 Å². The topological polar surface area (TPSA) is 56.3 Å². The minimum absolute atomic E-state index is 0.287. The van der Waals surface area contributed by atoms with Gasteiger partial charge < -0.3 is 4.74 Å². The van der Waals surface area contributed by atoms with Crippen molar-refractivity contribution in [1.82, 2.24) is 4.98 Å². The summed E-state index contributed by atoms with van der Waals surface area (Å²) in [5, 5.41) is 0.964. The van der Waals surface area contributed by atoms with E-state index in [4.69, 9.17) is 4.74 Å². The Balaban J connectivity index is 1.65. The van der Waals surface area contributed by atoms with Gasteiger partial charge in [0.05, 0.1) is 9.77 Å². The van der Waals surface area contributed by atoms with Crippen molar-refractivity contribution in [2.45, 2.75) is 31.3 Å². The summed E-state index contributed by atoms with van der Waals surface area (Å²) in [4.78, 5) is 5.78. The van der Waals surface area contributed by atoms with Gasteiger partial charge in [0.15, 0.2) is 9.84 Å². The highest BCUT2D eigenvalue weighted by atomic mass is 32.2. The largest absolute Gasteiger partial charge is 0.488 e. The third kappa shape index (κ3) is 4.51. The Bertz CT molecular complexity index is 973. The minimum Gasteiger partial charge on any atom is -0.488 e. The molecule has 26 heavy (non-hydrogen) atoms. The zero-order valence-corrected chi connectivity index (χ0v) is 16.6. The molecular weight excluding hydrogens is 366 g/mol. The molecule has 0 fully saturated rings. The van der Waals surface area contributed by atoms with E-state index in [0.29, 0.717) is 18.3 Å². The highest BCUT2D eigenvalue weighted by Crippen LogP contribution is 2.27. The third-order valence-electron chi connectivity index (χ3n) is 4.01. The summed E-state index contributed by atoms with van der Waals surface area (Å²) in [5.74, 6) is 1.15. The minimum atomic E-state index is -3.19. The molecule has 0 spiro atoms. The van der Waals surface area contributed by atoms with Gasteiger partial charge in [0, 0.05) is 18.0 Å². The summed E-state index contributed by atoms with van der Waals surface area (Å²) in [6, 6.07) is 14.9. The fraction of sp³-hybridized carbons (Fsp3) is 0.250. The monoisotopic (exact) mass is 387 g/mol. The number of sulfone groups is 1. The van der Waals surface area contributed by atoms with E-state index in [1.807, 2.05) is 6.20 Å². The Kier molecular flexibility index (Phi) is 5.44. The zero-order chi connectivity index (χ0) is 18.7. The number of thiazole rings is 1. The van der Waals surface area contributed by atoms with Crippen LogP contribution in [0.1, 0.15) is 30.2 Å². The van der Waals surface area contributed by atoms with Crippen LogP contribution in [0, 0.1) is 0 Å². The molecule has 0 aliphatic carbocycles. The van der Waals surface area contributed by atoms with Crippen LogP contribution in [-0.2, 0) is 16.4 Å². The van der Waals surface area contributed by atoms with Crippen molar-refractivity contribution in [3.05, 3.63) is 65.2 Å². The molecule has 0 unspecified atom stereocenters. The number of ether oxygens (including phenoxy) is 1. The molecule has 1 aromatic heterocycles. The van der Waals surface area contributed by atoms with Crippen molar-refractivity contribution < 1.29 is 13.2 Å². The maximum absolute atomic E-state index is 11.5. The first-order valence-corrected chi connectivity index (χ1v) is 11.0. The third-order valence-corrected chi connectivity index (χ3v) is 6.16. The van der Waals surface area contributed by atoms with Crippen LogP contribution in [0.5, 0.6) is 5.75 Å². The first-order chi connectivity index (χ1) is 12.3. The number of rotatable bonds is 6. The molecule has 0 bridgehead atoms. The van der Waals surface area contributed by atoms with Crippen molar-refractivity contribution in [2.24, 2.45) is 0 Å². The van der Waals surface area contributed by atoms with E-state index in [2.05, 4.69) is 43.1 Å². The Labute approximate surface area is 158 Å². The highest BCUT2D eigenvalue weighted by Gasteiger charge is 2.08. The first kappa shape index (κ1) is 18.6. The normalized spacial score (nSPS) is 11.7. The second kappa shape index (κ2) is 7.60. The fourth-order valence-corrected chi connectivity index (χ4v) is 3.92. The number of hydrogen-bond acceptors (Lipinski definition) is 5. The van der Waals surface area contributed by atoms with Gasteiger partial charge in [0.25, 0.3) is 0 Å². The predicted octanol–water partition coefficient (Wildman–Crippen LogP) is 4.92. The summed E-state index contributed by atoms with van der Waals surface area (Å²) in [6.07, 6.45) is 3.01. The molecule has 1 heterocycles. The van der Waals surface area contributed by atoms with Gasteiger partial charge >= 0.3 is 0 Å². The van der Waals surface area contributed by atoms with Gasteiger partial charge in [-0.2, -0.15) is 0 Å². The summed E-state index contributed by atoms with van der Waals surface area (Å²) in [5.41, 5.74) is 2.41. The average Bonchev–Trinajstić information content (AvgIpc) is 3.08. The molecule has 3 rings (SSSR count). The molecule has 0 amide bonds. The summed E-state index contributed by atoms with van der Waals surface area (Å²) in [6.45, 7) is 4.76. The number of hydrogen-bond donors (Lipinski definition) is 0. The van der Waals surface area contributed by atoms with Gasteiger partial charge in [-0.05, 0) is 35.7 Å². The van der Waals surface area contributed by atoms with Gasteiger partial charge in [-0.25, -0.2) is 13.4 Å². The molecule has 0 saturated heterocycles. The van der Waals surface area contributed by atoms with Crippen molar-refractivity contribution in [1.29, 1.82) is 0 Å². The van der Waals surface area contributed by atoms with Crippen LogP contribution in [0.4, 0.5) is 0 Å². The molecule has 6 heteroatoms. The highest BCUT2D eigenvalue weighted by molar-refractivity contribution is 7.90. The maximum Gasteiger partial charge on any atom is 0.175 e. The van der Waals surface area contributed by atoms with Crippen molar-refractivity contribution in [3.8, 4) is 16.3 Å². The Morgan fingerprint density at radius 3 is 2.27 bits per heavy atom. The van der Waals surface area contributed by atoms with E-state index in [-0.39, 0.29) is 4.90 Å². The van der Waals surface area contributed by atoms with E-state index in [9.17, 15) is 8.42 Å². The van der Waals surface area contributed by atoms with E-state index < -0.39 is 9.84 Å². The first-order valence-electron chi connectivity index (χ1n) is 8.31. The molecule has 0 N–H and O–H groups in total. The van der Waals surface area contributed by atoms with Crippen molar-refractivity contribution in [2.75, 3.05) is 6.26 Å². The molecule has 0 saturated carbocycles. The molecule has 2 aromatic carbocycles. The van der Waals surface area contributed by atoms with E-state index in [0.717, 1.165) is 15.4 Å². The molecule has 0 aliphatic rings. The van der Waals surface area contributed by atoms with Gasteiger partial charge in [-0.3, -0.25) is 0 Å². The lowest BCUT2D eigenvalue weighted by Crippen LogP contribution is -1.97. The van der Waals surface area contributed by atoms with E-state index >= 15 is 0 Å². The fourth-order valence-electron chi connectivity index (χ4n) is 2.46. The van der Waals surface area contributed by atoms with Crippen molar-refractivity contribution >= 4 is 21.2 Å². The molecule has 4 nitrogen and oxygen atoms in total. The molecule has 0 aliphatic heterocycles. The lowest BCUT2D eigenvalue weighted by Gasteiger charge is -2.05. The van der Waals surface area contributed by atoms with Crippen LogP contribution in [0.25, 0.3) is 10.6 Å². The van der Waals surface area contributed by atoms with Crippen LogP contribution in [0.3, 0.4) is 0 Å². The maximum atomic E-state index is 11.5. The summed E-state index contributed by atoms with van der Waals surface area (Å²) < 4.78 is 28.7. The molecule has 3 aromatic rings. The van der Waals surface area contributed by atoms with Crippen LogP contribution in [-0.4, -0.2) is 19.7 Å². The van der Waals surface area contributed by atoms with Crippen LogP contribution in [0.2, 0.25) is 0 Å². The van der Waals surface area contributed by atoms with E-state index in [1.165, 1.54) is 11.8 Å². The predicted molar refractivity (Wildman–Crippen MR) is 106 cm³/mol. The smallest absolute Gasteiger partial charge is 0.175 e. The molecule has 136 valence electrons. The Hall–Kier alpha value is -2.18. The van der Waals surface area contributed by atoms with Gasteiger partial charge in [-0.15, -0.1) is 11.3 Å². The second-order valence-electron chi connectivity index (χ2n) is 6.44. The standard InChI is InChI=1S/C20H21NO3S2/c1-14(2)15-4-6-16(7-5-15)20-21-12-18(25-20)13-24-17-8-10-19(11-9-17)26(3,22)23/h4-12,14H,13H2,1-3H3. The molecular formula is C20H21NO3S2. The lowest BCUT2D eigenvalue weighted by atomic mass is 10.0. The molecule has 0 radical (unpaired) electrons. The zero-order valence-electron chi connectivity index (χ0n) is 15.0. The average molecular weight is 388 g/mol. The summed E-state index contributed by atoms with van der Waals surface area (Å²) >= 11 is 1.59. The van der Waals surface area contributed by atoms with Crippen LogP contribution in [0.15, 0.2) is 59.6 Å². The Morgan fingerprint density at radius 1 is 1.04 bits per heavy atom. The van der Waals surface area contributed by atoms with Gasteiger partial charge in [0.2, 0.25) is 0 Å². The second-order valence-corrected chi connectivity index (χ2v) is 9.57. The van der Waals surface area contributed by atoms with E-state index in [1.54, 1.807) is 35.6 Å². The van der Waals surface area contributed by atoms with Crippen molar-refractivity contribution in [3.63, 3.8) is 0 Å². The number of nitrogens with zero attached hydrogens (tertiary/aromatic N) is 1. The summed E-state index contributed by atoms with van der Waals surface area (Å²) in [7, 11) is -3.19. The quantitative estimate of drug-likeness (QED) is 0.603. The van der Waals surface area contributed by atoms with Gasteiger partial charge in [-0.1, -0.05) is 38.1 Å². The molecule has 0 atom stereocenters. The lowest BCUT2D eigenvalue weighted by molar-refractivity contribution is 0.309. The SMILES string of the molecule is CC(C)c1ccc(-c2ncc(COc3ccc(S(C)(=O)=O)cc3)s2)cc1. The van der Waals surface area contributed by atoms with Crippen LogP contribution < -0.4 is 4.74 Å². The Morgan fingerprint density at radius 2 is 1.69 bits per heavy atom. The number of benzene rings is 2. The number of aromatic nitrogens is 1.